The molecule has 4 heteroatoms. The summed E-state index contributed by atoms with van der Waals surface area (Å²) in [5.74, 6) is 0. The van der Waals surface area contributed by atoms with E-state index >= 15 is 0 Å². The van der Waals surface area contributed by atoms with E-state index in [1.54, 1.807) is 11.3 Å². The Kier molecular flexibility index (Phi) is 2.53. The average molecular weight is 274 g/mol. The Balaban J connectivity index is 2.72. The van der Waals surface area contributed by atoms with Gasteiger partial charge in [0, 0.05) is 14.9 Å². The summed E-state index contributed by atoms with van der Waals surface area (Å²) >= 11 is 9.44. The third-order valence-electron chi connectivity index (χ3n) is 1.88. The molecule has 0 atom stereocenters. The van der Waals surface area contributed by atoms with E-state index in [4.69, 9.17) is 5.73 Å². The molecule has 1 nitrogen and oxygen atoms in total. The number of hydrogen-bond acceptors (Lipinski definition) is 3. The lowest BCUT2D eigenvalue weighted by atomic mass is 10.2. The lowest BCUT2D eigenvalue weighted by Crippen LogP contribution is -1.78. The van der Waals surface area contributed by atoms with Crippen molar-refractivity contribution in [2.45, 2.75) is 10.2 Å². The lowest BCUT2D eigenvalue weighted by molar-refractivity contribution is 1.32. The number of hydrogen-bond donors (Lipinski definition) is 2. The minimum atomic E-state index is 0.833. The SMILES string of the molecule is Nc1cc2cc(S)c(CBr)cc2s1. The summed E-state index contributed by atoms with van der Waals surface area (Å²) < 4.78 is 1.23. The van der Waals surface area contributed by atoms with Crippen LogP contribution < -0.4 is 5.73 Å². The number of benzene rings is 1. The van der Waals surface area contributed by atoms with E-state index in [-0.39, 0.29) is 0 Å². The highest BCUT2D eigenvalue weighted by atomic mass is 79.9. The second-order valence-corrected chi connectivity index (χ2v) is 4.96. The van der Waals surface area contributed by atoms with Crippen molar-refractivity contribution in [2.75, 3.05) is 5.73 Å². The van der Waals surface area contributed by atoms with Crippen molar-refractivity contribution in [3.63, 3.8) is 0 Å². The van der Waals surface area contributed by atoms with Gasteiger partial charge in [-0.3, -0.25) is 0 Å². The molecule has 68 valence electrons. The molecule has 1 aromatic heterocycles. The minimum Gasteiger partial charge on any atom is -0.391 e. The Morgan fingerprint density at radius 2 is 2.15 bits per heavy atom. The van der Waals surface area contributed by atoms with E-state index < -0.39 is 0 Å². The number of thiol groups is 1. The standard InChI is InChI=1S/C9H8BrNS2/c10-4-6-2-8-5(1-7(6)12)3-9(11)13-8/h1-3,12H,4,11H2. The minimum absolute atomic E-state index is 0.833. The van der Waals surface area contributed by atoms with Gasteiger partial charge in [-0.05, 0) is 29.1 Å². The summed E-state index contributed by atoms with van der Waals surface area (Å²) in [7, 11) is 0. The van der Waals surface area contributed by atoms with E-state index in [1.165, 1.54) is 15.6 Å². The van der Waals surface area contributed by atoms with E-state index in [2.05, 4.69) is 40.7 Å². The number of anilines is 1. The Morgan fingerprint density at radius 3 is 2.85 bits per heavy atom. The van der Waals surface area contributed by atoms with Crippen LogP contribution >= 0.6 is 39.9 Å². The van der Waals surface area contributed by atoms with Crippen LogP contribution in [0.1, 0.15) is 5.56 Å². The zero-order chi connectivity index (χ0) is 9.42. The topological polar surface area (TPSA) is 26.0 Å². The van der Waals surface area contributed by atoms with Crippen LogP contribution in [-0.2, 0) is 5.33 Å². The van der Waals surface area contributed by atoms with Gasteiger partial charge in [0.2, 0.25) is 0 Å². The van der Waals surface area contributed by atoms with Crippen LogP contribution in [-0.4, -0.2) is 0 Å². The number of nitrogen functional groups attached to an aromatic ring is 1. The third-order valence-corrected chi connectivity index (χ3v) is 3.83. The van der Waals surface area contributed by atoms with Crippen molar-refractivity contribution in [1.29, 1.82) is 0 Å². The van der Waals surface area contributed by atoms with Gasteiger partial charge in [-0.25, -0.2) is 0 Å². The maximum Gasteiger partial charge on any atom is 0.0868 e. The predicted octanol–water partition coefficient (Wildman–Crippen LogP) is 3.67. The monoisotopic (exact) mass is 273 g/mol. The Hall–Kier alpha value is -0.190. The molecule has 0 aliphatic carbocycles. The van der Waals surface area contributed by atoms with Crippen molar-refractivity contribution in [1.82, 2.24) is 0 Å². The fraction of sp³-hybridized carbons (Fsp3) is 0.111. The molecule has 13 heavy (non-hydrogen) atoms. The summed E-state index contributed by atoms with van der Waals surface area (Å²) in [5.41, 5.74) is 6.92. The molecule has 0 saturated carbocycles. The molecule has 2 N–H and O–H groups in total. The normalized spacial score (nSPS) is 10.9. The smallest absolute Gasteiger partial charge is 0.0868 e. The summed E-state index contributed by atoms with van der Waals surface area (Å²) in [6.45, 7) is 0. The molecule has 2 rings (SSSR count). The first-order valence-corrected chi connectivity index (χ1v) is 6.16. The van der Waals surface area contributed by atoms with Crippen LogP contribution in [0.3, 0.4) is 0 Å². The summed E-state index contributed by atoms with van der Waals surface area (Å²) in [6.07, 6.45) is 0. The first-order chi connectivity index (χ1) is 6.20. The molecule has 0 amide bonds. The molecular weight excluding hydrogens is 266 g/mol. The average Bonchev–Trinajstić information content (AvgIpc) is 2.42. The van der Waals surface area contributed by atoms with E-state index in [0.29, 0.717) is 0 Å². The second kappa shape index (κ2) is 3.52. The number of halogens is 1. The van der Waals surface area contributed by atoms with Crippen molar-refractivity contribution in [2.24, 2.45) is 0 Å². The molecule has 0 aliphatic heterocycles. The molecule has 1 heterocycles. The van der Waals surface area contributed by atoms with Gasteiger partial charge >= 0.3 is 0 Å². The highest BCUT2D eigenvalue weighted by Gasteiger charge is 2.03. The number of alkyl halides is 1. The third kappa shape index (κ3) is 1.71. The van der Waals surface area contributed by atoms with Gasteiger partial charge in [-0.1, -0.05) is 15.9 Å². The van der Waals surface area contributed by atoms with Gasteiger partial charge in [0.05, 0.1) is 5.00 Å². The van der Waals surface area contributed by atoms with E-state index in [1.807, 2.05) is 6.07 Å². The van der Waals surface area contributed by atoms with Gasteiger partial charge in [-0.2, -0.15) is 0 Å². The molecule has 0 bridgehead atoms. The van der Waals surface area contributed by atoms with Gasteiger partial charge in [0.15, 0.2) is 0 Å². The molecule has 0 fully saturated rings. The molecule has 1 aromatic carbocycles. The maximum absolute atomic E-state index is 5.71. The highest BCUT2D eigenvalue weighted by molar-refractivity contribution is 9.08. The highest BCUT2D eigenvalue weighted by Crippen LogP contribution is 2.31. The van der Waals surface area contributed by atoms with Crippen molar-refractivity contribution >= 4 is 55.0 Å². The number of thiophene rings is 1. The van der Waals surface area contributed by atoms with Gasteiger partial charge < -0.3 is 5.73 Å². The summed E-state index contributed by atoms with van der Waals surface area (Å²) in [6, 6.07) is 6.17. The summed E-state index contributed by atoms with van der Waals surface area (Å²) in [4.78, 5) is 1.02. The first-order valence-electron chi connectivity index (χ1n) is 3.77. The molecule has 0 aliphatic rings. The molecule has 0 radical (unpaired) electrons. The fourth-order valence-electron chi connectivity index (χ4n) is 1.24. The summed E-state index contributed by atoms with van der Waals surface area (Å²) in [5, 5.41) is 2.87. The van der Waals surface area contributed by atoms with Crippen LogP contribution in [0.4, 0.5) is 5.00 Å². The Labute approximate surface area is 94.5 Å². The maximum atomic E-state index is 5.71. The van der Waals surface area contributed by atoms with E-state index in [9.17, 15) is 0 Å². The Bertz CT molecular complexity index is 450. The zero-order valence-corrected chi connectivity index (χ0v) is 10.0. The van der Waals surface area contributed by atoms with Crippen LogP contribution in [0, 0.1) is 0 Å². The molecule has 0 unspecified atom stereocenters. The van der Waals surface area contributed by atoms with Crippen molar-refractivity contribution in [3.05, 3.63) is 23.8 Å². The molecule has 0 saturated heterocycles. The Morgan fingerprint density at radius 1 is 1.38 bits per heavy atom. The number of fused-ring (bicyclic) bond motifs is 1. The van der Waals surface area contributed by atoms with Crippen LogP contribution in [0.5, 0.6) is 0 Å². The van der Waals surface area contributed by atoms with Gasteiger partial charge in [-0.15, -0.1) is 24.0 Å². The lowest BCUT2D eigenvalue weighted by Gasteiger charge is -2.00. The zero-order valence-electron chi connectivity index (χ0n) is 6.75. The van der Waals surface area contributed by atoms with Crippen LogP contribution in [0.2, 0.25) is 0 Å². The number of rotatable bonds is 1. The fourth-order valence-corrected chi connectivity index (χ4v) is 3.08. The largest absolute Gasteiger partial charge is 0.391 e. The van der Waals surface area contributed by atoms with Crippen LogP contribution in [0.25, 0.3) is 10.1 Å². The quantitative estimate of drug-likeness (QED) is 0.602. The van der Waals surface area contributed by atoms with Gasteiger partial charge in [0.25, 0.3) is 0 Å². The van der Waals surface area contributed by atoms with Crippen molar-refractivity contribution in [3.8, 4) is 0 Å². The first kappa shape index (κ1) is 9.37. The predicted molar refractivity (Wildman–Crippen MR) is 66.1 cm³/mol. The molecule has 2 aromatic rings. The molecular formula is C9H8BrNS2. The second-order valence-electron chi connectivity index (χ2n) is 2.80. The number of nitrogens with two attached hydrogens (primary N) is 1. The van der Waals surface area contributed by atoms with E-state index in [0.717, 1.165) is 15.2 Å². The van der Waals surface area contributed by atoms with Crippen LogP contribution in [0.15, 0.2) is 23.1 Å². The molecule has 0 spiro atoms. The van der Waals surface area contributed by atoms with Crippen molar-refractivity contribution < 1.29 is 0 Å². The van der Waals surface area contributed by atoms with Gasteiger partial charge in [0.1, 0.15) is 0 Å².